The first-order chi connectivity index (χ1) is 13.5. The lowest BCUT2D eigenvalue weighted by molar-refractivity contribution is -0.116. The average molecular weight is 462 g/mol. The van der Waals surface area contributed by atoms with E-state index in [2.05, 4.69) is 31.5 Å². The van der Waals surface area contributed by atoms with Gasteiger partial charge in [0.1, 0.15) is 5.75 Å². The third kappa shape index (κ3) is 4.88. The first kappa shape index (κ1) is 20.3. The molecule has 146 valence electrons. The normalized spacial score (nSPS) is 10.7. The quantitative estimate of drug-likeness (QED) is 0.490. The van der Waals surface area contributed by atoms with Crippen molar-refractivity contribution in [3.8, 4) is 5.75 Å². The average Bonchev–Trinajstić information content (AvgIpc) is 3.05. The van der Waals surface area contributed by atoms with Crippen LogP contribution in [-0.4, -0.2) is 23.4 Å². The first-order valence-electron chi connectivity index (χ1n) is 8.94. The fourth-order valence-electron chi connectivity index (χ4n) is 2.58. The molecule has 8 heteroatoms. The van der Waals surface area contributed by atoms with Crippen molar-refractivity contribution in [3.05, 3.63) is 46.4 Å². The van der Waals surface area contributed by atoms with Crippen molar-refractivity contribution >= 4 is 60.1 Å². The lowest BCUT2D eigenvalue weighted by Crippen LogP contribution is -2.11. The summed E-state index contributed by atoms with van der Waals surface area (Å²) in [6, 6.07) is 10.7. The van der Waals surface area contributed by atoms with Crippen molar-refractivity contribution in [2.75, 3.05) is 17.2 Å². The van der Waals surface area contributed by atoms with Crippen LogP contribution in [0.25, 0.3) is 10.2 Å². The van der Waals surface area contributed by atoms with Gasteiger partial charge >= 0.3 is 0 Å². The minimum Gasteiger partial charge on any atom is -0.493 e. The molecule has 0 atom stereocenters. The second-order valence-electron chi connectivity index (χ2n) is 6.03. The van der Waals surface area contributed by atoms with Crippen LogP contribution < -0.4 is 15.4 Å². The number of rotatable bonds is 7. The van der Waals surface area contributed by atoms with Gasteiger partial charge in [-0.25, -0.2) is 4.98 Å². The molecule has 1 heterocycles. The number of nitrogens with zero attached hydrogens (tertiary/aromatic N) is 1. The topological polar surface area (TPSA) is 80.3 Å². The van der Waals surface area contributed by atoms with Crippen LogP contribution in [0.1, 0.15) is 37.0 Å². The maximum absolute atomic E-state index is 12.6. The number of anilines is 2. The van der Waals surface area contributed by atoms with Crippen molar-refractivity contribution in [3.63, 3.8) is 0 Å². The van der Waals surface area contributed by atoms with Crippen molar-refractivity contribution in [2.24, 2.45) is 0 Å². The van der Waals surface area contributed by atoms with Gasteiger partial charge in [-0.2, -0.15) is 0 Å². The molecule has 0 aliphatic carbocycles. The molecule has 0 radical (unpaired) electrons. The molecule has 0 aliphatic heterocycles. The van der Waals surface area contributed by atoms with Gasteiger partial charge in [-0.05, 0) is 65.7 Å². The standard InChI is InChI=1S/C20H20BrN3O3S/c1-3-5-18(25)24-20-23-15-8-7-13(11-17(15)28-20)22-19(26)12-6-9-16(27-4-2)14(21)10-12/h6-11H,3-5H2,1-2H3,(H,22,26)(H,23,24,25). The van der Waals surface area contributed by atoms with Crippen LogP contribution in [0.3, 0.4) is 0 Å². The molecule has 0 fully saturated rings. The third-order valence-electron chi connectivity index (χ3n) is 3.86. The number of amides is 2. The van der Waals surface area contributed by atoms with E-state index in [1.807, 2.05) is 26.0 Å². The fourth-order valence-corrected chi connectivity index (χ4v) is 4.00. The van der Waals surface area contributed by atoms with E-state index in [-0.39, 0.29) is 11.8 Å². The Morgan fingerprint density at radius 3 is 2.68 bits per heavy atom. The first-order valence-corrected chi connectivity index (χ1v) is 10.5. The Morgan fingerprint density at radius 2 is 1.96 bits per heavy atom. The van der Waals surface area contributed by atoms with E-state index in [1.54, 1.807) is 24.3 Å². The second kappa shape index (κ2) is 9.16. The van der Waals surface area contributed by atoms with Gasteiger partial charge in [0, 0.05) is 17.7 Å². The minimum atomic E-state index is -0.218. The summed E-state index contributed by atoms with van der Waals surface area (Å²) in [5, 5.41) is 6.26. The lowest BCUT2D eigenvalue weighted by atomic mass is 10.2. The number of halogens is 1. The van der Waals surface area contributed by atoms with Gasteiger partial charge in [0.2, 0.25) is 5.91 Å². The number of carbonyl (C=O) groups excluding carboxylic acids is 2. The van der Waals surface area contributed by atoms with Crippen LogP contribution in [-0.2, 0) is 4.79 Å². The summed E-state index contributed by atoms with van der Waals surface area (Å²) < 4.78 is 7.08. The van der Waals surface area contributed by atoms with Crippen LogP contribution in [0, 0.1) is 0 Å². The number of aromatic nitrogens is 1. The Kier molecular flexibility index (Phi) is 6.64. The molecule has 0 bridgehead atoms. The van der Waals surface area contributed by atoms with Crippen molar-refractivity contribution in [1.29, 1.82) is 0 Å². The molecule has 0 saturated carbocycles. The molecule has 3 rings (SSSR count). The molecule has 3 aromatic rings. The molecule has 0 spiro atoms. The zero-order valence-electron chi connectivity index (χ0n) is 15.5. The molecule has 2 N–H and O–H groups in total. The SMILES string of the molecule is CCCC(=O)Nc1nc2ccc(NC(=O)c3ccc(OCC)c(Br)c3)cc2s1. The molecule has 28 heavy (non-hydrogen) atoms. The van der Waals surface area contributed by atoms with Crippen LogP contribution in [0.5, 0.6) is 5.75 Å². The second-order valence-corrected chi connectivity index (χ2v) is 7.92. The summed E-state index contributed by atoms with van der Waals surface area (Å²) in [7, 11) is 0. The van der Waals surface area contributed by atoms with E-state index in [4.69, 9.17) is 4.74 Å². The molecule has 0 saturated heterocycles. The van der Waals surface area contributed by atoms with E-state index in [9.17, 15) is 9.59 Å². The fraction of sp³-hybridized carbons (Fsp3) is 0.250. The lowest BCUT2D eigenvalue weighted by Gasteiger charge is -2.09. The molecule has 2 amide bonds. The Hall–Kier alpha value is -2.45. The number of thiazole rings is 1. The molecular weight excluding hydrogens is 442 g/mol. The van der Waals surface area contributed by atoms with E-state index in [0.717, 1.165) is 21.1 Å². The van der Waals surface area contributed by atoms with Crippen molar-refractivity contribution < 1.29 is 14.3 Å². The molecule has 1 aromatic heterocycles. The van der Waals surface area contributed by atoms with Crippen LogP contribution in [0.4, 0.5) is 10.8 Å². The highest BCUT2D eigenvalue weighted by atomic mass is 79.9. The monoisotopic (exact) mass is 461 g/mol. The summed E-state index contributed by atoms with van der Waals surface area (Å²) in [4.78, 5) is 28.7. The predicted octanol–water partition coefficient (Wildman–Crippen LogP) is 5.45. The zero-order valence-corrected chi connectivity index (χ0v) is 17.9. The van der Waals surface area contributed by atoms with Gasteiger partial charge in [0.15, 0.2) is 5.13 Å². The molecule has 6 nitrogen and oxygen atoms in total. The predicted molar refractivity (Wildman–Crippen MR) is 116 cm³/mol. The van der Waals surface area contributed by atoms with Gasteiger partial charge in [0.05, 0.1) is 21.3 Å². The highest BCUT2D eigenvalue weighted by Gasteiger charge is 2.12. The maximum Gasteiger partial charge on any atom is 0.255 e. The Morgan fingerprint density at radius 1 is 1.14 bits per heavy atom. The van der Waals surface area contributed by atoms with E-state index in [0.29, 0.717) is 35.2 Å². The molecule has 0 unspecified atom stereocenters. The van der Waals surface area contributed by atoms with Crippen LogP contribution in [0.15, 0.2) is 40.9 Å². The number of fused-ring (bicyclic) bond motifs is 1. The Balaban J connectivity index is 1.74. The third-order valence-corrected chi connectivity index (χ3v) is 5.42. The number of benzene rings is 2. The maximum atomic E-state index is 12.6. The Labute approximate surface area is 175 Å². The molecule has 0 aliphatic rings. The summed E-state index contributed by atoms with van der Waals surface area (Å²) in [5.74, 6) is 0.433. The van der Waals surface area contributed by atoms with E-state index in [1.165, 1.54) is 11.3 Å². The number of ether oxygens (including phenoxy) is 1. The van der Waals surface area contributed by atoms with Crippen LogP contribution in [0.2, 0.25) is 0 Å². The Bertz CT molecular complexity index is 1020. The summed E-state index contributed by atoms with van der Waals surface area (Å²) in [6.07, 6.45) is 1.25. The van der Waals surface area contributed by atoms with E-state index < -0.39 is 0 Å². The smallest absolute Gasteiger partial charge is 0.255 e. The molecular formula is C20H20BrN3O3S. The van der Waals surface area contributed by atoms with Gasteiger partial charge < -0.3 is 15.4 Å². The number of carbonyl (C=O) groups is 2. The number of hydrogen-bond acceptors (Lipinski definition) is 5. The number of nitrogens with one attached hydrogen (secondary N) is 2. The van der Waals surface area contributed by atoms with E-state index >= 15 is 0 Å². The summed E-state index contributed by atoms with van der Waals surface area (Å²) in [6.45, 7) is 4.42. The largest absolute Gasteiger partial charge is 0.493 e. The number of hydrogen-bond donors (Lipinski definition) is 2. The highest BCUT2D eigenvalue weighted by Crippen LogP contribution is 2.29. The summed E-state index contributed by atoms with van der Waals surface area (Å²) >= 11 is 4.80. The van der Waals surface area contributed by atoms with Gasteiger partial charge in [-0.3, -0.25) is 9.59 Å². The minimum absolute atomic E-state index is 0.0452. The summed E-state index contributed by atoms with van der Waals surface area (Å²) in [5.41, 5.74) is 1.96. The molecule has 2 aromatic carbocycles. The van der Waals surface area contributed by atoms with Crippen molar-refractivity contribution in [1.82, 2.24) is 4.98 Å². The van der Waals surface area contributed by atoms with Crippen molar-refractivity contribution in [2.45, 2.75) is 26.7 Å². The van der Waals surface area contributed by atoms with Gasteiger partial charge in [-0.1, -0.05) is 18.3 Å². The highest BCUT2D eigenvalue weighted by molar-refractivity contribution is 9.10. The zero-order chi connectivity index (χ0) is 20.1. The van der Waals surface area contributed by atoms with Crippen LogP contribution >= 0.6 is 27.3 Å². The van der Waals surface area contributed by atoms with Gasteiger partial charge in [0.25, 0.3) is 5.91 Å². The van der Waals surface area contributed by atoms with Gasteiger partial charge in [-0.15, -0.1) is 0 Å².